The molecule has 0 aliphatic heterocycles. The average molecular weight is 383 g/mol. The molecule has 3 saturated carbocycles. The van der Waals surface area contributed by atoms with Crippen LogP contribution in [0.3, 0.4) is 0 Å². The molecule has 0 spiro atoms. The Labute approximate surface area is 173 Å². The average Bonchev–Trinajstić information content (AvgIpc) is 3.48. The molecule has 28 heavy (non-hydrogen) atoms. The second-order valence-electron chi connectivity index (χ2n) is 10.5. The quantitative estimate of drug-likeness (QED) is 0.525. The van der Waals surface area contributed by atoms with Gasteiger partial charge >= 0.3 is 0 Å². The summed E-state index contributed by atoms with van der Waals surface area (Å²) >= 11 is 0. The van der Waals surface area contributed by atoms with Gasteiger partial charge in [-0.15, -0.1) is 0 Å². The Kier molecular flexibility index (Phi) is 6.38. The van der Waals surface area contributed by atoms with Crippen LogP contribution in [-0.2, 0) is 0 Å². The molecule has 1 aromatic rings. The molecule has 0 radical (unpaired) electrons. The fraction of sp³-hybridized carbons (Fsp3) is 0.778. The third kappa shape index (κ3) is 3.88. The Balaban J connectivity index is 1.77. The molecule has 0 saturated heterocycles. The van der Waals surface area contributed by atoms with Crippen LogP contribution >= 0.6 is 0 Å². The second kappa shape index (κ2) is 8.80. The van der Waals surface area contributed by atoms with Crippen LogP contribution in [0, 0.1) is 17.8 Å². The normalized spacial score (nSPS) is 25.4. The molecule has 156 valence electrons. The van der Waals surface area contributed by atoms with Gasteiger partial charge in [-0.3, -0.25) is 0 Å². The molecule has 0 aromatic heterocycles. The van der Waals surface area contributed by atoms with Gasteiger partial charge in [-0.25, -0.2) is 0 Å². The van der Waals surface area contributed by atoms with Crippen molar-refractivity contribution in [2.75, 3.05) is 0 Å². The van der Waals surface area contributed by atoms with Gasteiger partial charge in [0, 0.05) is 5.56 Å². The molecular formula is C27H42O. The van der Waals surface area contributed by atoms with Gasteiger partial charge in [0.15, 0.2) is 0 Å². The molecule has 3 unspecified atom stereocenters. The van der Waals surface area contributed by atoms with Crippen molar-refractivity contribution in [3.05, 3.63) is 28.8 Å². The molecule has 3 atom stereocenters. The minimum Gasteiger partial charge on any atom is -0.508 e. The third-order valence-electron chi connectivity index (χ3n) is 9.02. The van der Waals surface area contributed by atoms with Crippen molar-refractivity contribution in [1.29, 1.82) is 0 Å². The van der Waals surface area contributed by atoms with Crippen LogP contribution in [0.1, 0.15) is 132 Å². The first kappa shape index (κ1) is 20.3. The summed E-state index contributed by atoms with van der Waals surface area (Å²) in [6.07, 6.45) is 16.6. The molecule has 1 aromatic carbocycles. The maximum Gasteiger partial charge on any atom is 0.119 e. The van der Waals surface area contributed by atoms with E-state index < -0.39 is 0 Å². The van der Waals surface area contributed by atoms with Gasteiger partial charge < -0.3 is 5.11 Å². The van der Waals surface area contributed by atoms with Gasteiger partial charge in [0.25, 0.3) is 0 Å². The number of hydrogen-bond donors (Lipinski definition) is 1. The number of benzene rings is 1. The van der Waals surface area contributed by atoms with Crippen molar-refractivity contribution < 1.29 is 5.11 Å². The van der Waals surface area contributed by atoms with Gasteiger partial charge in [-0.2, -0.15) is 0 Å². The second-order valence-corrected chi connectivity index (χ2v) is 10.5. The predicted molar refractivity (Wildman–Crippen MR) is 119 cm³/mol. The van der Waals surface area contributed by atoms with Crippen LogP contribution in [-0.4, -0.2) is 5.11 Å². The van der Waals surface area contributed by atoms with Gasteiger partial charge in [0.1, 0.15) is 5.75 Å². The fourth-order valence-corrected chi connectivity index (χ4v) is 7.12. The minimum atomic E-state index is 0.497. The summed E-state index contributed by atoms with van der Waals surface area (Å²) in [6, 6.07) is 4.36. The summed E-state index contributed by atoms with van der Waals surface area (Å²) < 4.78 is 0. The molecule has 0 heterocycles. The minimum absolute atomic E-state index is 0.497. The zero-order chi connectivity index (χ0) is 19.7. The number of phenolic OH excluding ortho intramolecular Hbond substituents is 1. The van der Waals surface area contributed by atoms with Crippen molar-refractivity contribution in [2.24, 2.45) is 17.8 Å². The summed E-state index contributed by atoms with van der Waals surface area (Å²) in [5.41, 5.74) is 4.50. The zero-order valence-electron chi connectivity index (χ0n) is 18.6. The first-order valence-electron chi connectivity index (χ1n) is 12.4. The Bertz CT molecular complexity index is 644. The van der Waals surface area contributed by atoms with Crippen LogP contribution in [0.15, 0.2) is 12.1 Å². The van der Waals surface area contributed by atoms with Crippen molar-refractivity contribution in [3.63, 3.8) is 0 Å². The summed E-state index contributed by atoms with van der Waals surface area (Å²) in [7, 11) is 0. The lowest BCUT2D eigenvalue weighted by molar-refractivity contribution is 0.396. The van der Waals surface area contributed by atoms with E-state index >= 15 is 0 Å². The molecule has 3 fully saturated rings. The van der Waals surface area contributed by atoms with E-state index in [-0.39, 0.29) is 0 Å². The first-order chi connectivity index (χ1) is 13.6. The smallest absolute Gasteiger partial charge is 0.119 e. The molecule has 4 rings (SSSR count). The molecule has 3 aliphatic rings. The molecular weight excluding hydrogens is 340 g/mol. The number of aromatic hydroxyl groups is 1. The maximum absolute atomic E-state index is 11.1. The van der Waals surface area contributed by atoms with Crippen molar-refractivity contribution in [2.45, 2.75) is 116 Å². The standard InChI is InChI=1S/C27H42O/c1-18(21-10-4-5-11-21)24-16-17-25(28)27(20(3)23-14-8-9-15-23)26(24)19(2)22-12-6-7-13-22/h16-23,28H,4-15H2,1-3H3. The Morgan fingerprint density at radius 1 is 0.607 bits per heavy atom. The lowest BCUT2D eigenvalue weighted by Gasteiger charge is -2.33. The van der Waals surface area contributed by atoms with E-state index in [0.717, 1.165) is 17.8 Å². The summed E-state index contributed by atoms with van der Waals surface area (Å²) in [5, 5.41) is 11.1. The van der Waals surface area contributed by atoms with Crippen LogP contribution in [0.25, 0.3) is 0 Å². The molecule has 3 aliphatic carbocycles. The van der Waals surface area contributed by atoms with E-state index in [0.29, 0.717) is 23.5 Å². The van der Waals surface area contributed by atoms with E-state index in [9.17, 15) is 5.11 Å². The largest absolute Gasteiger partial charge is 0.508 e. The summed E-state index contributed by atoms with van der Waals surface area (Å²) in [5.74, 6) is 4.72. The van der Waals surface area contributed by atoms with E-state index in [1.54, 1.807) is 11.1 Å². The van der Waals surface area contributed by atoms with Crippen molar-refractivity contribution in [3.8, 4) is 5.75 Å². The third-order valence-corrected chi connectivity index (χ3v) is 9.02. The lowest BCUT2D eigenvalue weighted by Crippen LogP contribution is -2.19. The Morgan fingerprint density at radius 2 is 1.00 bits per heavy atom. The van der Waals surface area contributed by atoms with Crippen LogP contribution in [0.4, 0.5) is 0 Å². The zero-order valence-corrected chi connectivity index (χ0v) is 18.6. The van der Waals surface area contributed by atoms with Gasteiger partial charge in [0.05, 0.1) is 0 Å². The Morgan fingerprint density at radius 3 is 1.46 bits per heavy atom. The lowest BCUT2D eigenvalue weighted by atomic mass is 9.72. The number of phenols is 1. The highest BCUT2D eigenvalue weighted by atomic mass is 16.3. The molecule has 1 heteroatoms. The summed E-state index contributed by atoms with van der Waals surface area (Å²) in [4.78, 5) is 0. The molecule has 1 N–H and O–H groups in total. The van der Waals surface area contributed by atoms with E-state index in [1.165, 1.54) is 82.6 Å². The predicted octanol–water partition coefficient (Wildman–Crippen LogP) is 8.27. The molecule has 0 amide bonds. The van der Waals surface area contributed by atoms with E-state index in [4.69, 9.17) is 0 Å². The van der Waals surface area contributed by atoms with Crippen LogP contribution in [0.2, 0.25) is 0 Å². The van der Waals surface area contributed by atoms with Gasteiger partial charge in [-0.1, -0.05) is 65.4 Å². The highest BCUT2D eigenvalue weighted by Gasteiger charge is 2.35. The Hall–Kier alpha value is -0.980. The van der Waals surface area contributed by atoms with Crippen LogP contribution < -0.4 is 0 Å². The van der Waals surface area contributed by atoms with Crippen LogP contribution in [0.5, 0.6) is 5.75 Å². The number of hydrogen-bond acceptors (Lipinski definition) is 1. The monoisotopic (exact) mass is 382 g/mol. The molecule has 0 bridgehead atoms. The highest BCUT2D eigenvalue weighted by molar-refractivity contribution is 5.50. The molecule has 1 nitrogen and oxygen atoms in total. The SMILES string of the molecule is CC(c1ccc(O)c(C(C)C2CCCC2)c1C(C)C1CCCC1)C1CCCC1. The maximum atomic E-state index is 11.1. The summed E-state index contributed by atoms with van der Waals surface area (Å²) in [6.45, 7) is 7.39. The number of rotatable bonds is 6. The van der Waals surface area contributed by atoms with Gasteiger partial charge in [0.2, 0.25) is 0 Å². The van der Waals surface area contributed by atoms with Crippen molar-refractivity contribution >= 4 is 0 Å². The first-order valence-corrected chi connectivity index (χ1v) is 12.4. The fourth-order valence-electron chi connectivity index (χ4n) is 7.12. The highest BCUT2D eigenvalue weighted by Crippen LogP contribution is 2.50. The van der Waals surface area contributed by atoms with E-state index in [1.807, 2.05) is 6.07 Å². The van der Waals surface area contributed by atoms with Crippen molar-refractivity contribution in [1.82, 2.24) is 0 Å². The van der Waals surface area contributed by atoms with E-state index in [2.05, 4.69) is 26.8 Å². The van der Waals surface area contributed by atoms with Gasteiger partial charge in [-0.05, 0) is 91.2 Å². The topological polar surface area (TPSA) is 20.2 Å².